The lowest BCUT2D eigenvalue weighted by Crippen LogP contribution is -2.23. The number of benzene rings is 1. The first-order chi connectivity index (χ1) is 8.36. The number of alkyl halides is 3. The standard InChI is InChI=1S/C12H14F3NO2/c1-2-8(11(17)18)7-16-10-6-4-3-5-9(10)12(13,14)15/h3-6,8,16H,2,7H2,1H3,(H,17,18). The first-order valence-corrected chi connectivity index (χ1v) is 5.49. The van der Waals surface area contributed by atoms with Gasteiger partial charge in [0.25, 0.3) is 0 Å². The molecule has 0 saturated heterocycles. The van der Waals surface area contributed by atoms with Crippen molar-refractivity contribution in [2.45, 2.75) is 19.5 Å². The molecule has 1 rings (SSSR count). The number of rotatable bonds is 5. The van der Waals surface area contributed by atoms with E-state index < -0.39 is 23.6 Å². The molecular weight excluding hydrogens is 247 g/mol. The van der Waals surface area contributed by atoms with Gasteiger partial charge in [-0.15, -0.1) is 0 Å². The van der Waals surface area contributed by atoms with E-state index in [0.29, 0.717) is 6.42 Å². The van der Waals surface area contributed by atoms with Gasteiger partial charge in [-0.1, -0.05) is 19.1 Å². The predicted octanol–water partition coefficient (Wildman–Crippen LogP) is 3.23. The van der Waals surface area contributed by atoms with Crippen molar-refractivity contribution in [1.82, 2.24) is 0 Å². The average Bonchev–Trinajstić information content (AvgIpc) is 2.28. The molecule has 2 N–H and O–H groups in total. The summed E-state index contributed by atoms with van der Waals surface area (Å²) in [6.07, 6.45) is -4.09. The van der Waals surface area contributed by atoms with Crippen molar-refractivity contribution in [3.05, 3.63) is 29.8 Å². The summed E-state index contributed by atoms with van der Waals surface area (Å²) in [6.45, 7) is 1.65. The fraction of sp³-hybridized carbons (Fsp3) is 0.417. The van der Waals surface area contributed by atoms with Gasteiger partial charge in [0.05, 0.1) is 11.5 Å². The van der Waals surface area contributed by atoms with Gasteiger partial charge in [0.2, 0.25) is 0 Å². The van der Waals surface area contributed by atoms with Gasteiger partial charge in [-0.2, -0.15) is 13.2 Å². The molecule has 0 saturated carbocycles. The van der Waals surface area contributed by atoms with E-state index in [1.807, 2.05) is 0 Å². The molecule has 0 amide bonds. The molecule has 0 aliphatic carbocycles. The van der Waals surface area contributed by atoms with E-state index in [-0.39, 0.29) is 12.2 Å². The Morgan fingerprint density at radius 2 is 2.00 bits per heavy atom. The van der Waals surface area contributed by atoms with Crippen LogP contribution in [0.15, 0.2) is 24.3 Å². The van der Waals surface area contributed by atoms with E-state index in [4.69, 9.17) is 5.11 Å². The van der Waals surface area contributed by atoms with Crippen molar-refractivity contribution in [2.75, 3.05) is 11.9 Å². The Morgan fingerprint density at radius 3 is 2.50 bits per heavy atom. The highest BCUT2D eigenvalue weighted by atomic mass is 19.4. The van der Waals surface area contributed by atoms with Gasteiger partial charge in [0, 0.05) is 12.2 Å². The molecule has 0 aliphatic heterocycles. The molecule has 0 fully saturated rings. The maximum Gasteiger partial charge on any atom is 0.418 e. The first kappa shape index (κ1) is 14.3. The smallest absolute Gasteiger partial charge is 0.418 e. The maximum absolute atomic E-state index is 12.7. The molecule has 0 spiro atoms. The molecule has 0 radical (unpaired) electrons. The van der Waals surface area contributed by atoms with Crippen LogP contribution in [0.4, 0.5) is 18.9 Å². The molecule has 18 heavy (non-hydrogen) atoms. The highest BCUT2D eigenvalue weighted by Gasteiger charge is 2.33. The molecule has 0 aliphatic rings. The van der Waals surface area contributed by atoms with E-state index in [2.05, 4.69) is 5.32 Å². The summed E-state index contributed by atoms with van der Waals surface area (Å²) in [5.74, 6) is -1.72. The van der Waals surface area contributed by atoms with Gasteiger partial charge in [-0.25, -0.2) is 0 Å². The van der Waals surface area contributed by atoms with Gasteiger partial charge >= 0.3 is 12.1 Å². The zero-order chi connectivity index (χ0) is 13.8. The van der Waals surface area contributed by atoms with Crippen molar-refractivity contribution in [1.29, 1.82) is 0 Å². The number of halogens is 3. The Balaban J connectivity index is 2.82. The van der Waals surface area contributed by atoms with Gasteiger partial charge in [-0.3, -0.25) is 4.79 Å². The maximum atomic E-state index is 12.7. The number of carbonyl (C=O) groups is 1. The van der Waals surface area contributed by atoms with E-state index >= 15 is 0 Å². The Morgan fingerprint density at radius 1 is 1.39 bits per heavy atom. The number of aliphatic carboxylic acids is 1. The normalized spacial score (nSPS) is 13.1. The van der Waals surface area contributed by atoms with E-state index in [1.165, 1.54) is 18.2 Å². The molecule has 1 unspecified atom stereocenters. The summed E-state index contributed by atoms with van der Waals surface area (Å²) in [4.78, 5) is 10.8. The minimum atomic E-state index is -4.45. The summed E-state index contributed by atoms with van der Waals surface area (Å²) in [5, 5.41) is 11.4. The van der Waals surface area contributed by atoms with Crippen molar-refractivity contribution >= 4 is 11.7 Å². The lowest BCUT2D eigenvalue weighted by molar-refractivity contribution is -0.141. The topological polar surface area (TPSA) is 49.3 Å². The number of anilines is 1. The Hall–Kier alpha value is -1.72. The van der Waals surface area contributed by atoms with Crippen molar-refractivity contribution in [2.24, 2.45) is 5.92 Å². The number of para-hydroxylation sites is 1. The van der Waals surface area contributed by atoms with Crippen LogP contribution < -0.4 is 5.32 Å². The molecule has 0 aromatic heterocycles. The Labute approximate surface area is 103 Å². The second-order valence-electron chi connectivity index (χ2n) is 3.87. The average molecular weight is 261 g/mol. The zero-order valence-electron chi connectivity index (χ0n) is 9.79. The van der Waals surface area contributed by atoms with Crippen molar-refractivity contribution < 1.29 is 23.1 Å². The highest BCUT2D eigenvalue weighted by molar-refractivity contribution is 5.71. The van der Waals surface area contributed by atoms with Crippen LogP contribution in [-0.4, -0.2) is 17.6 Å². The molecule has 3 nitrogen and oxygen atoms in total. The summed E-state index contributed by atoms with van der Waals surface area (Å²) < 4.78 is 38.0. The van der Waals surface area contributed by atoms with Crippen LogP contribution in [0.3, 0.4) is 0 Å². The van der Waals surface area contributed by atoms with Crippen LogP contribution in [0.5, 0.6) is 0 Å². The summed E-state index contributed by atoms with van der Waals surface area (Å²) in [5.41, 5.74) is -0.880. The third kappa shape index (κ3) is 3.65. The third-order valence-corrected chi connectivity index (χ3v) is 2.61. The largest absolute Gasteiger partial charge is 0.481 e. The number of carboxylic acids is 1. The number of hydrogen-bond donors (Lipinski definition) is 2. The predicted molar refractivity (Wildman–Crippen MR) is 61.4 cm³/mol. The molecule has 1 atom stereocenters. The van der Waals surface area contributed by atoms with E-state index in [1.54, 1.807) is 6.92 Å². The lowest BCUT2D eigenvalue weighted by Gasteiger charge is -2.16. The second kappa shape index (κ2) is 5.75. The molecular formula is C12H14F3NO2. The summed E-state index contributed by atoms with van der Waals surface area (Å²) >= 11 is 0. The fourth-order valence-electron chi connectivity index (χ4n) is 1.52. The van der Waals surface area contributed by atoms with Crippen molar-refractivity contribution in [3.8, 4) is 0 Å². The highest BCUT2D eigenvalue weighted by Crippen LogP contribution is 2.34. The van der Waals surface area contributed by atoms with Crippen LogP contribution in [0.2, 0.25) is 0 Å². The van der Waals surface area contributed by atoms with Crippen LogP contribution in [-0.2, 0) is 11.0 Å². The SMILES string of the molecule is CCC(CNc1ccccc1C(F)(F)F)C(=O)O. The van der Waals surface area contributed by atoms with Gasteiger partial charge < -0.3 is 10.4 Å². The Kier molecular flexibility index (Phi) is 4.58. The van der Waals surface area contributed by atoms with Crippen LogP contribution >= 0.6 is 0 Å². The molecule has 0 heterocycles. The summed E-state index contributed by atoms with van der Waals surface area (Å²) in [7, 11) is 0. The first-order valence-electron chi connectivity index (χ1n) is 5.49. The molecule has 1 aromatic carbocycles. The minimum absolute atomic E-state index is 0.0288. The molecule has 6 heteroatoms. The van der Waals surface area contributed by atoms with Gasteiger partial charge in [0.1, 0.15) is 0 Å². The number of hydrogen-bond acceptors (Lipinski definition) is 2. The van der Waals surface area contributed by atoms with Crippen LogP contribution in [0.1, 0.15) is 18.9 Å². The Bertz CT molecular complexity index is 418. The van der Waals surface area contributed by atoms with Gasteiger partial charge in [0.15, 0.2) is 0 Å². The van der Waals surface area contributed by atoms with Crippen LogP contribution in [0, 0.1) is 5.92 Å². The molecule has 0 bridgehead atoms. The number of nitrogens with one attached hydrogen (secondary N) is 1. The van der Waals surface area contributed by atoms with E-state index in [9.17, 15) is 18.0 Å². The lowest BCUT2D eigenvalue weighted by atomic mass is 10.1. The fourth-order valence-corrected chi connectivity index (χ4v) is 1.52. The quantitative estimate of drug-likeness (QED) is 0.855. The number of carboxylic acid groups (broad SMARTS) is 1. The summed E-state index contributed by atoms with van der Waals surface area (Å²) in [6, 6.07) is 5.02. The van der Waals surface area contributed by atoms with Crippen LogP contribution in [0.25, 0.3) is 0 Å². The second-order valence-corrected chi connectivity index (χ2v) is 3.87. The molecule has 100 valence electrons. The van der Waals surface area contributed by atoms with Gasteiger partial charge in [-0.05, 0) is 18.6 Å². The van der Waals surface area contributed by atoms with Crippen molar-refractivity contribution in [3.63, 3.8) is 0 Å². The zero-order valence-corrected chi connectivity index (χ0v) is 9.79. The third-order valence-electron chi connectivity index (χ3n) is 2.61. The monoisotopic (exact) mass is 261 g/mol. The minimum Gasteiger partial charge on any atom is -0.481 e. The van der Waals surface area contributed by atoms with E-state index in [0.717, 1.165) is 6.07 Å². The molecule has 1 aromatic rings.